The lowest BCUT2D eigenvalue weighted by Crippen LogP contribution is -2.02. The Morgan fingerprint density at radius 1 is 1.15 bits per heavy atom. The van der Waals surface area contributed by atoms with Gasteiger partial charge in [0.1, 0.15) is 5.82 Å². The van der Waals surface area contributed by atoms with Gasteiger partial charge in [-0.05, 0) is 51.8 Å². The molecule has 0 heterocycles. The van der Waals surface area contributed by atoms with Crippen LogP contribution < -0.4 is 10.1 Å². The number of benzene rings is 2. The first kappa shape index (κ1) is 15.4. The van der Waals surface area contributed by atoms with Crippen molar-refractivity contribution in [3.8, 4) is 5.75 Å². The average Bonchev–Trinajstić information content (AvgIpc) is 2.34. The summed E-state index contributed by atoms with van der Waals surface area (Å²) in [6.45, 7) is 0.403. The summed E-state index contributed by atoms with van der Waals surface area (Å²) in [6, 6.07) is 7.87. The molecule has 1 N–H and O–H groups in total. The van der Waals surface area contributed by atoms with Gasteiger partial charge in [-0.2, -0.15) is 0 Å². The maximum absolute atomic E-state index is 13.3. The van der Waals surface area contributed by atoms with E-state index in [1.165, 1.54) is 12.1 Å². The predicted octanol–water partition coefficient (Wildman–Crippen LogP) is 5.52. The lowest BCUT2D eigenvalue weighted by molar-refractivity contribution is 0.414. The van der Waals surface area contributed by atoms with Crippen molar-refractivity contribution in [2.45, 2.75) is 6.54 Å². The Hall–Kier alpha value is -0.970. The molecule has 0 atom stereocenters. The Morgan fingerprint density at radius 3 is 2.50 bits per heavy atom. The number of methoxy groups -OCH3 is 1. The van der Waals surface area contributed by atoms with E-state index in [0.717, 1.165) is 10.0 Å². The summed E-state index contributed by atoms with van der Waals surface area (Å²) in [4.78, 5) is 0. The van der Waals surface area contributed by atoms with Crippen molar-refractivity contribution in [3.05, 3.63) is 56.2 Å². The molecule has 0 unspecified atom stereocenters. The monoisotopic (exact) mass is 377 g/mol. The third-order valence-corrected chi connectivity index (χ3v) is 3.64. The van der Waals surface area contributed by atoms with Crippen LogP contribution in [-0.2, 0) is 6.54 Å². The molecule has 0 amide bonds. The van der Waals surface area contributed by atoms with Gasteiger partial charge in [0.2, 0.25) is 0 Å². The molecule has 0 aromatic heterocycles. The SMILES string of the molecule is COc1c(Br)cc(Cl)cc1NCc1cc(F)cc(Cl)c1. The van der Waals surface area contributed by atoms with Crippen LogP contribution in [0.15, 0.2) is 34.8 Å². The normalized spacial score (nSPS) is 10.4. The molecule has 2 aromatic carbocycles. The Kier molecular flexibility index (Phi) is 5.13. The van der Waals surface area contributed by atoms with Crippen LogP contribution in [0.25, 0.3) is 0 Å². The smallest absolute Gasteiger partial charge is 0.156 e. The number of anilines is 1. The zero-order chi connectivity index (χ0) is 14.7. The first-order valence-electron chi connectivity index (χ1n) is 5.71. The number of hydrogen-bond acceptors (Lipinski definition) is 2. The Balaban J connectivity index is 2.22. The molecule has 0 spiro atoms. The molecule has 2 nitrogen and oxygen atoms in total. The molecule has 0 saturated carbocycles. The van der Waals surface area contributed by atoms with E-state index in [2.05, 4.69) is 21.2 Å². The fourth-order valence-corrected chi connectivity index (χ4v) is 3.03. The first-order valence-corrected chi connectivity index (χ1v) is 7.26. The van der Waals surface area contributed by atoms with E-state index < -0.39 is 0 Å². The third-order valence-electron chi connectivity index (χ3n) is 2.62. The van der Waals surface area contributed by atoms with Gasteiger partial charge < -0.3 is 10.1 Å². The van der Waals surface area contributed by atoms with Gasteiger partial charge in [0.25, 0.3) is 0 Å². The summed E-state index contributed by atoms with van der Waals surface area (Å²) < 4.78 is 19.3. The second-order valence-corrected chi connectivity index (χ2v) is 5.83. The Labute approximate surface area is 135 Å². The van der Waals surface area contributed by atoms with Crippen LogP contribution in [0.3, 0.4) is 0 Å². The molecule has 0 aliphatic carbocycles. The summed E-state index contributed by atoms with van der Waals surface area (Å²) in [6.07, 6.45) is 0. The number of ether oxygens (including phenoxy) is 1. The van der Waals surface area contributed by atoms with Gasteiger partial charge in [-0.3, -0.25) is 0 Å². The quantitative estimate of drug-likeness (QED) is 0.756. The minimum Gasteiger partial charge on any atom is -0.493 e. The number of rotatable bonds is 4. The summed E-state index contributed by atoms with van der Waals surface area (Å²) in [5, 5.41) is 4.08. The van der Waals surface area contributed by atoms with E-state index in [9.17, 15) is 4.39 Å². The number of nitrogens with one attached hydrogen (secondary N) is 1. The molecule has 0 aliphatic rings. The molecule has 0 bridgehead atoms. The minimum atomic E-state index is -0.367. The topological polar surface area (TPSA) is 21.3 Å². The van der Waals surface area contributed by atoms with Gasteiger partial charge >= 0.3 is 0 Å². The Bertz CT molecular complexity index is 617. The molecule has 0 fully saturated rings. The van der Waals surface area contributed by atoms with E-state index >= 15 is 0 Å². The molecule has 0 aliphatic heterocycles. The maximum Gasteiger partial charge on any atom is 0.156 e. The highest BCUT2D eigenvalue weighted by atomic mass is 79.9. The van der Waals surface area contributed by atoms with Crippen LogP contribution in [0.4, 0.5) is 10.1 Å². The van der Waals surface area contributed by atoms with Gasteiger partial charge in [-0.25, -0.2) is 4.39 Å². The fourth-order valence-electron chi connectivity index (χ4n) is 1.81. The van der Waals surface area contributed by atoms with Crippen LogP contribution >= 0.6 is 39.1 Å². The molecule has 20 heavy (non-hydrogen) atoms. The van der Waals surface area contributed by atoms with Crippen molar-refractivity contribution in [2.75, 3.05) is 12.4 Å². The first-order chi connectivity index (χ1) is 9.49. The predicted molar refractivity (Wildman–Crippen MR) is 84.4 cm³/mol. The molecule has 6 heteroatoms. The summed E-state index contributed by atoms with van der Waals surface area (Å²) in [5.74, 6) is 0.269. The number of hydrogen-bond donors (Lipinski definition) is 1. The van der Waals surface area contributed by atoms with Crippen molar-refractivity contribution in [1.82, 2.24) is 0 Å². The zero-order valence-electron chi connectivity index (χ0n) is 10.5. The second-order valence-electron chi connectivity index (χ2n) is 4.10. The highest BCUT2D eigenvalue weighted by Crippen LogP contribution is 2.36. The maximum atomic E-state index is 13.3. The number of halogens is 4. The molecular weight excluding hydrogens is 368 g/mol. The third kappa shape index (κ3) is 3.78. The van der Waals surface area contributed by atoms with E-state index in [1.54, 1.807) is 25.3 Å². The van der Waals surface area contributed by atoms with Crippen LogP contribution in [0.1, 0.15) is 5.56 Å². The highest BCUT2D eigenvalue weighted by Gasteiger charge is 2.09. The van der Waals surface area contributed by atoms with Crippen LogP contribution in [-0.4, -0.2) is 7.11 Å². The van der Waals surface area contributed by atoms with E-state index in [-0.39, 0.29) is 5.82 Å². The highest BCUT2D eigenvalue weighted by molar-refractivity contribution is 9.10. The summed E-state index contributed by atoms with van der Waals surface area (Å²) in [5.41, 5.74) is 1.44. The van der Waals surface area contributed by atoms with E-state index in [4.69, 9.17) is 27.9 Å². The van der Waals surface area contributed by atoms with Crippen LogP contribution in [0.2, 0.25) is 10.0 Å². The van der Waals surface area contributed by atoms with Gasteiger partial charge in [0, 0.05) is 16.6 Å². The molecule has 0 saturated heterocycles. The lowest BCUT2D eigenvalue weighted by Gasteiger charge is -2.13. The summed E-state index contributed by atoms with van der Waals surface area (Å²) >= 11 is 15.2. The van der Waals surface area contributed by atoms with Crippen molar-refractivity contribution >= 4 is 44.8 Å². The van der Waals surface area contributed by atoms with Crippen molar-refractivity contribution in [1.29, 1.82) is 0 Å². The van der Waals surface area contributed by atoms with Crippen LogP contribution in [0, 0.1) is 5.82 Å². The average molecular weight is 379 g/mol. The molecule has 106 valence electrons. The lowest BCUT2D eigenvalue weighted by atomic mass is 10.2. The van der Waals surface area contributed by atoms with Gasteiger partial charge in [-0.1, -0.05) is 23.2 Å². The molecule has 2 aromatic rings. The van der Waals surface area contributed by atoms with Crippen LogP contribution in [0.5, 0.6) is 5.75 Å². The molecule has 0 radical (unpaired) electrons. The van der Waals surface area contributed by atoms with Crippen molar-refractivity contribution < 1.29 is 9.13 Å². The largest absolute Gasteiger partial charge is 0.493 e. The van der Waals surface area contributed by atoms with Gasteiger partial charge in [-0.15, -0.1) is 0 Å². The van der Waals surface area contributed by atoms with Gasteiger partial charge in [0.15, 0.2) is 5.75 Å². The van der Waals surface area contributed by atoms with Crippen molar-refractivity contribution in [3.63, 3.8) is 0 Å². The summed E-state index contributed by atoms with van der Waals surface area (Å²) in [7, 11) is 1.57. The van der Waals surface area contributed by atoms with E-state index in [1.807, 2.05) is 0 Å². The molecular formula is C14H11BrCl2FNO. The van der Waals surface area contributed by atoms with Gasteiger partial charge in [0.05, 0.1) is 17.3 Å². The van der Waals surface area contributed by atoms with Crippen molar-refractivity contribution in [2.24, 2.45) is 0 Å². The zero-order valence-corrected chi connectivity index (χ0v) is 13.6. The molecule has 2 rings (SSSR count). The fraction of sp³-hybridized carbons (Fsp3) is 0.143. The van der Waals surface area contributed by atoms with E-state index in [0.29, 0.717) is 28.0 Å². The minimum absolute atomic E-state index is 0.362. The Morgan fingerprint density at radius 2 is 1.85 bits per heavy atom. The standard InChI is InChI=1S/C14H11BrCl2FNO/c1-20-14-12(15)5-10(17)6-13(14)19-7-8-2-9(16)4-11(18)3-8/h2-6,19H,7H2,1H3. The second kappa shape index (κ2) is 6.66.